The maximum Gasteiger partial charge on any atom is 0.164 e. The van der Waals surface area contributed by atoms with Gasteiger partial charge in [0.25, 0.3) is 0 Å². The predicted molar refractivity (Wildman–Crippen MR) is 136 cm³/mol. The molecule has 3 heterocycles. The number of hydrogen-bond acceptors (Lipinski definition) is 7. The van der Waals surface area contributed by atoms with Gasteiger partial charge in [-0.15, -0.1) is 0 Å². The van der Waals surface area contributed by atoms with E-state index < -0.39 is 0 Å². The summed E-state index contributed by atoms with van der Waals surface area (Å²) in [6, 6.07) is 7.99. The topological polar surface area (TPSA) is 99.2 Å². The van der Waals surface area contributed by atoms with Crippen molar-refractivity contribution < 1.29 is 9.53 Å². The molecule has 1 aromatic carbocycles. The summed E-state index contributed by atoms with van der Waals surface area (Å²) in [6.45, 7) is 12.6. The molecule has 8 nitrogen and oxygen atoms in total. The van der Waals surface area contributed by atoms with Crippen LogP contribution in [0.2, 0.25) is 0 Å². The van der Waals surface area contributed by atoms with Crippen molar-refractivity contribution in [2.24, 2.45) is 0 Å². The van der Waals surface area contributed by atoms with E-state index in [-0.39, 0.29) is 6.04 Å². The molecule has 8 heteroatoms. The summed E-state index contributed by atoms with van der Waals surface area (Å²) in [4.78, 5) is 20.1. The van der Waals surface area contributed by atoms with Crippen LogP contribution in [-0.4, -0.2) is 51.1 Å². The molecule has 1 fully saturated rings. The fourth-order valence-electron chi connectivity index (χ4n) is 3.87. The molecule has 1 unspecified atom stereocenters. The van der Waals surface area contributed by atoms with E-state index in [9.17, 15) is 0 Å². The molecule has 34 heavy (non-hydrogen) atoms. The summed E-state index contributed by atoms with van der Waals surface area (Å²) in [5, 5.41) is 5.73. The van der Waals surface area contributed by atoms with Gasteiger partial charge in [0.2, 0.25) is 0 Å². The highest BCUT2D eigenvalue weighted by Gasteiger charge is 2.25. The van der Waals surface area contributed by atoms with Gasteiger partial charge in [0.15, 0.2) is 5.65 Å². The monoisotopic (exact) mass is 458 g/mol. The van der Waals surface area contributed by atoms with Gasteiger partial charge in [-0.3, -0.25) is 4.79 Å². The van der Waals surface area contributed by atoms with Crippen LogP contribution >= 0.6 is 0 Å². The highest BCUT2D eigenvalue weighted by molar-refractivity contribution is 5.98. The minimum absolute atomic E-state index is 0.260. The number of aromatic nitrogens is 4. The Morgan fingerprint density at radius 2 is 1.91 bits per heavy atom. The Bertz CT molecular complexity index is 1190. The number of aldehydes is 1. The highest BCUT2D eigenvalue weighted by Crippen LogP contribution is 2.34. The summed E-state index contributed by atoms with van der Waals surface area (Å²) in [5.74, 6) is 1.77. The fraction of sp³-hybridized carbons (Fsp3) is 0.231. The summed E-state index contributed by atoms with van der Waals surface area (Å²) in [5.41, 5.74) is 8.74. The molecule has 2 aromatic heterocycles. The lowest BCUT2D eigenvalue weighted by molar-refractivity contribution is -0.104. The molecule has 1 saturated heterocycles. The minimum atomic E-state index is 0.260. The molecule has 1 aliphatic rings. The summed E-state index contributed by atoms with van der Waals surface area (Å²) in [7, 11) is 2.14. The normalized spacial score (nSPS) is 16.3. The number of nitrogens with zero attached hydrogens (tertiary/aromatic N) is 5. The Kier molecular flexibility index (Phi) is 8.48. The van der Waals surface area contributed by atoms with Crippen LogP contribution in [0.1, 0.15) is 18.9 Å². The fourth-order valence-corrected chi connectivity index (χ4v) is 3.87. The highest BCUT2D eigenvalue weighted by atomic mass is 16.5. The summed E-state index contributed by atoms with van der Waals surface area (Å²) >= 11 is 0. The second-order valence-corrected chi connectivity index (χ2v) is 7.82. The number of nitrogen functional groups attached to an aromatic ring is 1. The van der Waals surface area contributed by atoms with Crippen molar-refractivity contribution in [2.45, 2.75) is 18.9 Å². The lowest BCUT2D eigenvalue weighted by Gasteiger charge is -2.29. The Balaban J connectivity index is 0.000000751. The molecule has 0 spiro atoms. The Morgan fingerprint density at radius 3 is 2.53 bits per heavy atom. The minimum Gasteiger partial charge on any atom is -0.457 e. The number of carbonyl (C=O) groups excluding carboxylic acids is 1. The average molecular weight is 459 g/mol. The molecule has 0 radical (unpaired) electrons. The molecule has 176 valence electrons. The Labute approximate surface area is 199 Å². The lowest BCUT2D eigenvalue weighted by Crippen LogP contribution is -2.34. The molecular weight excluding hydrogens is 428 g/mol. The van der Waals surface area contributed by atoms with Gasteiger partial charge in [-0.2, -0.15) is 5.10 Å². The summed E-state index contributed by atoms with van der Waals surface area (Å²) < 4.78 is 7.83. The number of anilines is 1. The first-order valence-corrected chi connectivity index (χ1v) is 11.0. The molecule has 0 aliphatic carbocycles. The zero-order chi connectivity index (χ0) is 24.5. The molecule has 0 amide bonds. The zero-order valence-corrected chi connectivity index (χ0v) is 19.4. The van der Waals surface area contributed by atoms with Crippen LogP contribution in [0.5, 0.6) is 5.75 Å². The number of piperidine rings is 1. The van der Waals surface area contributed by atoms with Gasteiger partial charge >= 0.3 is 0 Å². The van der Waals surface area contributed by atoms with E-state index in [2.05, 4.69) is 41.7 Å². The quantitative estimate of drug-likeness (QED) is 0.243. The van der Waals surface area contributed by atoms with E-state index in [0.717, 1.165) is 48.2 Å². The molecule has 3 aromatic rings. The Morgan fingerprint density at radius 1 is 1.18 bits per heavy atom. The number of rotatable bonds is 7. The Hall–Kier alpha value is -4.04. The third-order valence-electron chi connectivity index (χ3n) is 5.41. The largest absolute Gasteiger partial charge is 0.457 e. The van der Waals surface area contributed by atoms with Gasteiger partial charge < -0.3 is 15.4 Å². The lowest BCUT2D eigenvalue weighted by atomic mass is 10.1. The molecular formula is C26H30N6O2. The van der Waals surface area contributed by atoms with Gasteiger partial charge in [-0.05, 0) is 68.9 Å². The van der Waals surface area contributed by atoms with Crippen molar-refractivity contribution in [1.29, 1.82) is 0 Å². The number of allylic oxidation sites excluding steroid dienone is 4. The van der Waals surface area contributed by atoms with E-state index in [1.807, 2.05) is 28.9 Å². The van der Waals surface area contributed by atoms with Gasteiger partial charge in [0, 0.05) is 12.1 Å². The molecule has 1 aliphatic heterocycles. The zero-order valence-electron chi connectivity index (χ0n) is 19.4. The van der Waals surface area contributed by atoms with Crippen molar-refractivity contribution in [1.82, 2.24) is 24.6 Å². The van der Waals surface area contributed by atoms with Crippen LogP contribution < -0.4 is 10.5 Å². The van der Waals surface area contributed by atoms with Crippen LogP contribution in [0.4, 0.5) is 5.82 Å². The smallest absolute Gasteiger partial charge is 0.164 e. The third kappa shape index (κ3) is 5.65. The molecule has 2 N–H and O–H groups in total. The van der Waals surface area contributed by atoms with Crippen molar-refractivity contribution in [3.8, 4) is 17.0 Å². The first-order valence-electron chi connectivity index (χ1n) is 11.0. The number of benzene rings is 1. The average Bonchev–Trinajstić information content (AvgIpc) is 3.25. The van der Waals surface area contributed by atoms with Crippen molar-refractivity contribution in [3.05, 3.63) is 80.4 Å². The molecule has 1 atom stereocenters. The second-order valence-electron chi connectivity index (χ2n) is 7.82. The van der Waals surface area contributed by atoms with Crippen LogP contribution in [0.15, 0.2) is 80.4 Å². The van der Waals surface area contributed by atoms with E-state index in [4.69, 9.17) is 20.4 Å². The van der Waals surface area contributed by atoms with Crippen LogP contribution in [0.25, 0.3) is 22.3 Å². The van der Waals surface area contributed by atoms with E-state index in [1.54, 1.807) is 18.2 Å². The second kappa shape index (κ2) is 11.7. The third-order valence-corrected chi connectivity index (χ3v) is 5.41. The number of ether oxygens (including phenoxy) is 1. The number of hydrogen-bond donors (Lipinski definition) is 1. The van der Waals surface area contributed by atoms with E-state index in [1.165, 1.54) is 12.4 Å². The number of likely N-dealkylation sites (N-methyl/N-ethyl adjacent to an activating group) is 1. The predicted octanol–water partition coefficient (Wildman–Crippen LogP) is 4.35. The number of carbonyl (C=O) groups is 1. The SMILES string of the molecule is C=C/C=C(\C=C)Oc1ccc(-c2nn(C3CCCN(C)C3)c3ncnc(N)c23)cc1.C=CC=O. The van der Waals surface area contributed by atoms with Gasteiger partial charge in [-0.1, -0.05) is 25.8 Å². The first kappa shape index (κ1) is 24.6. The van der Waals surface area contributed by atoms with E-state index in [0.29, 0.717) is 23.6 Å². The number of likely N-dealkylation sites (tertiary alicyclic amines) is 1. The molecule has 0 bridgehead atoms. The van der Waals surface area contributed by atoms with Gasteiger partial charge in [0.1, 0.15) is 35.6 Å². The van der Waals surface area contributed by atoms with E-state index >= 15 is 0 Å². The van der Waals surface area contributed by atoms with Crippen LogP contribution in [0, 0.1) is 0 Å². The summed E-state index contributed by atoms with van der Waals surface area (Å²) in [6.07, 6.45) is 10.6. The van der Waals surface area contributed by atoms with Crippen molar-refractivity contribution in [2.75, 3.05) is 25.9 Å². The molecule has 4 rings (SSSR count). The van der Waals surface area contributed by atoms with Crippen molar-refractivity contribution in [3.63, 3.8) is 0 Å². The first-order chi connectivity index (χ1) is 16.5. The maximum atomic E-state index is 9.06. The molecule has 0 saturated carbocycles. The van der Waals surface area contributed by atoms with Gasteiger partial charge in [-0.25, -0.2) is 14.6 Å². The van der Waals surface area contributed by atoms with Crippen molar-refractivity contribution >= 4 is 23.1 Å². The maximum absolute atomic E-state index is 9.06. The number of nitrogens with two attached hydrogens (primary N) is 1. The van der Waals surface area contributed by atoms with Crippen LogP contribution in [0.3, 0.4) is 0 Å². The standard InChI is InChI=1S/C23H26N6O.C3H4O/c1-4-7-18(5-2)30-19-11-9-16(10-12-19)21-20-22(24)25-15-26-23(20)29(27-21)17-8-6-13-28(3)14-17;1-2-3-4/h4-5,7,9-12,15,17H,1-2,6,8,13-14H2,3H3,(H2,24,25,26);2-3H,1H2/b18-7+;. The van der Waals surface area contributed by atoms with Crippen LogP contribution in [-0.2, 0) is 4.79 Å². The van der Waals surface area contributed by atoms with Gasteiger partial charge in [0.05, 0.1) is 11.4 Å². The number of fused-ring (bicyclic) bond motifs is 1.